The van der Waals surface area contributed by atoms with E-state index in [-0.39, 0.29) is 0 Å². The van der Waals surface area contributed by atoms with Crippen LogP contribution in [0, 0.1) is 12.8 Å². The van der Waals surface area contributed by atoms with Gasteiger partial charge in [0.05, 0.1) is 6.61 Å². The van der Waals surface area contributed by atoms with Crippen LogP contribution in [0.2, 0.25) is 0 Å². The van der Waals surface area contributed by atoms with Crippen molar-refractivity contribution in [3.8, 4) is 0 Å². The molecule has 1 aromatic rings. The molecule has 1 N–H and O–H groups in total. The van der Waals surface area contributed by atoms with E-state index in [1.165, 1.54) is 12.8 Å². The van der Waals surface area contributed by atoms with Crippen molar-refractivity contribution in [3.63, 3.8) is 0 Å². The lowest BCUT2D eigenvalue weighted by Gasteiger charge is -2.32. The van der Waals surface area contributed by atoms with Crippen molar-refractivity contribution in [1.29, 1.82) is 0 Å². The van der Waals surface area contributed by atoms with Gasteiger partial charge in [0, 0.05) is 39.1 Å². The first-order valence-electron chi connectivity index (χ1n) is 7.03. The molecule has 1 unspecified atom stereocenters. The van der Waals surface area contributed by atoms with Crippen LogP contribution < -0.4 is 10.2 Å². The summed E-state index contributed by atoms with van der Waals surface area (Å²) in [6.07, 6.45) is 6.28. The Morgan fingerprint density at radius 1 is 1.42 bits per heavy atom. The van der Waals surface area contributed by atoms with Gasteiger partial charge in [-0.05, 0) is 37.8 Å². The highest BCUT2D eigenvalue weighted by Crippen LogP contribution is 2.19. The SMILES string of the molecule is COCCNCC1CCCN(c2ncc(C)cn2)C1. The number of piperidine rings is 1. The fourth-order valence-corrected chi connectivity index (χ4v) is 2.44. The van der Waals surface area contributed by atoms with Crippen LogP contribution in [-0.4, -0.2) is 49.9 Å². The Morgan fingerprint density at radius 2 is 2.21 bits per heavy atom. The highest BCUT2D eigenvalue weighted by atomic mass is 16.5. The monoisotopic (exact) mass is 264 g/mol. The number of ether oxygens (including phenoxy) is 1. The van der Waals surface area contributed by atoms with Gasteiger partial charge in [-0.1, -0.05) is 0 Å². The summed E-state index contributed by atoms with van der Waals surface area (Å²) in [7, 11) is 1.73. The molecular weight excluding hydrogens is 240 g/mol. The van der Waals surface area contributed by atoms with Crippen molar-refractivity contribution in [2.45, 2.75) is 19.8 Å². The Balaban J connectivity index is 1.81. The third-order valence-corrected chi connectivity index (χ3v) is 3.49. The number of aromatic nitrogens is 2. The number of hydrogen-bond acceptors (Lipinski definition) is 5. The number of nitrogens with one attached hydrogen (secondary N) is 1. The molecule has 1 fully saturated rings. The van der Waals surface area contributed by atoms with Gasteiger partial charge in [0.25, 0.3) is 0 Å². The normalized spacial score (nSPS) is 19.7. The van der Waals surface area contributed by atoms with Crippen molar-refractivity contribution < 1.29 is 4.74 Å². The summed E-state index contributed by atoms with van der Waals surface area (Å²) < 4.78 is 5.04. The van der Waals surface area contributed by atoms with E-state index in [2.05, 4.69) is 20.2 Å². The summed E-state index contributed by atoms with van der Waals surface area (Å²) in [5, 5.41) is 3.44. The van der Waals surface area contributed by atoms with E-state index >= 15 is 0 Å². The van der Waals surface area contributed by atoms with Gasteiger partial charge in [0.2, 0.25) is 5.95 Å². The number of methoxy groups -OCH3 is 1. The quantitative estimate of drug-likeness (QED) is 0.783. The summed E-state index contributed by atoms with van der Waals surface area (Å²) in [4.78, 5) is 11.1. The predicted molar refractivity (Wildman–Crippen MR) is 76.5 cm³/mol. The van der Waals surface area contributed by atoms with Gasteiger partial charge in [-0.25, -0.2) is 9.97 Å². The Hall–Kier alpha value is -1.20. The maximum atomic E-state index is 5.04. The number of rotatable bonds is 6. The third kappa shape index (κ3) is 4.44. The van der Waals surface area contributed by atoms with Gasteiger partial charge in [-0.2, -0.15) is 0 Å². The summed E-state index contributed by atoms with van der Waals surface area (Å²) >= 11 is 0. The number of hydrogen-bond donors (Lipinski definition) is 1. The molecular formula is C14H24N4O. The summed E-state index contributed by atoms with van der Waals surface area (Å²) in [6, 6.07) is 0. The van der Waals surface area contributed by atoms with E-state index in [1.54, 1.807) is 7.11 Å². The van der Waals surface area contributed by atoms with Gasteiger partial charge >= 0.3 is 0 Å². The van der Waals surface area contributed by atoms with Crippen LogP contribution in [0.3, 0.4) is 0 Å². The van der Waals surface area contributed by atoms with Gasteiger partial charge < -0.3 is 15.0 Å². The summed E-state index contributed by atoms with van der Waals surface area (Å²) in [6.45, 7) is 6.88. The molecule has 1 aliphatic heterocycles. The van der Waals surface area contributed by atoms with E-state index in [0.29, 0.717) is 5.92 Å². The van der Waals surface area contributed by atoms with Crippen LogP contribution in [0.15, 0.2) is 12.4 Å². The van der Waals surface area contributed by atoms with Crippen molar-refractivity contribution in [2.24, 2.45) is 5.92 Å². The first kappa shape index (κ1) is 14.2. The molecule has 0 spiro atoms. The van der Waals surface area contributed by atoms with Crippen LogP contribution in [0.4, 0.5) is 5.95 Å². The van der Waals surface area contributed by atoms with Crippen LogP contribution in [-0.2, 0) is 4.74 Å². The smallest absolute Gasteiger partial charge is 0.225 e. The van der Waals surface area contributed by atoms with Crippen molar-refractivity contribution >= 4 is 5.95 Å². The minimum Gasteiger partial charge on any atom is -0.383 e. The van der Waals surface area contributed by atoms with Crippen molar-refractivity contribution in [3.05, 3.63) is 18.0 Å². The lowest BCUT2D eigenvalue weighted by Crippen LogP contribution is -2.41. The Labute approximate surface area is 115 Å². The largest absolute Gasteiger partial charge is 0.383 e. The zero-order valence-corrected chi connectivity index (χ0v) is 11.9. The van der Waals surface area contributed by atoms with E-state index < -0.39 is 0 Å². The maximum Gasteiger partial charge on any atom is 0.225 e. The molecule has 0 bridgehead atoms. The summed E-state index contributed by atoms with van der Waals surface area (Å²) in [5.41, 5.74) is 1.11. The molecule has 1 saturated heterocycles. The Bertz CT molecular complexity index is 368. The van der Waals surface area contributed by atoms with Crippen LogP contribution >= 0.6 is 0 Å². The molecule has 2 heterocycles. The standard InChI is InChI=1S/C14H24N4O/c1-12-8-16-14(17-9-12)18-6-3-4-13(11-18)10-15-5-7-19-2/h8-9,13,15H,3-7,10-11H2,1-2H3. The Morgan fingerprint density at radius 3 is 2.95 bits per heavy atom. The fourth-order valence-electron chi connectivity index (χ4n) is 2.44. The van der Waals surface area contributed by atoms with Gasteiger partial charge in [0.15, 0.2) is 0 Å². The molecule has 5 heteroatoms. The predicted octanol–water partition coefficient (Wildman–Crippen LogP) is 1.24. The highest BCUT2D eigenvalue weighted by molar-refractivity contribution is 5.30. The molecule has 0 radical (unpaired) electrons. The second kappa shape index (κ2) is 7.40. The minimum absolute atomic E-state index is 0.676. The minimum atomic E-state index is 0.676. The molecule has 1 aliphatic rings. The molecule has 5 nitrogen and oxygen atoms in total. The number of nitrogens with zero attached hydrogens (tertiary/aromatic N) is 3. The van der Waals surface area contributed by atoms with Crippen LogP contribution in [0.25, 0.3) is 0 Å². The zero-order valence-electron chi connectivity index (χ0n) is 11.9. The maximum absolute atomic E-state index is 5.04. The van der Waals surface area contributed by atoms with Gasteiger partial charge in [-0.15, -0.1) is 0 Å². The molecule has 1 atom stereocenters. The molecule has 1 aromatic heterocycles. The second-order valence-corrected chi connectivity index (χ2v) is 5.21. The third-order valence-electron chi connectivity index (χ3n) is 3.49. The average Bonchev–Trinajstić information content (AvgIpc) is 2.45. The van der Waals surface area contributed by atoms with Crippen LogP contribution in [0.5, 0.6) is 0 Å². The molecule has 0 saturated carbocycles. The fraction of sp³-hybridized carbons (Fsp3) is 0.714. The average molecular weight is 264 g/mol. The van der Waals surface area contributed by atoms with Crippen molar-refractivity contribution in [2.75, 3.05) is 44.8 Å². The van der Waals surface area contributed by atoms with E-state index in [9.17, 15) is 0 Å². The first-order valence-corrected chi connectivity index (χ1v) is 7.03. The van der Waals surface area contributed by atoms with Gasteiger partial charge in [0.1, 0.15) is 0 Å². The van der Waals surface area contributed by atoms with Gasteiger partial charge in [-0.3, -0.25) is 0 Å². The van der Waals surface area contributed by atoms with E-state index in [0.717, 1.165) is 44.3 Å². The van der Waals surface area contributed by atoms with E-state index in [4.69, 9.17) is 4.74 Å². The van der Waals surface area contributed by atoms with Crippen molar-refractivity contribution in [1.82, 2.24) is 15.3 Å². The second-order valence-electron chi connectivity index (χ2n) is 5.21. The first-order chi connectivity index (χ1) is 9.29. The topological polar surface area (TPSA) is 50.3 Å². The Kier molecular flexibility index (Phi) is 5.54. The highest BCUT2D eigenvalue weighted by Gasteiger charge is 2.21. The lowest BCUT2D eigenvalue weighted by atomic mass is 9.98. The molecule has 19 heavy (non-hydrogen) atoms. The molecule has 106 valence electrons. The molecule has 0 aromatic carbocycles. The van der Waals surface area contributed by atoms with E-state index in [1.807, 2.05) is 19.3 Å². The van der Waals surface area contributed by atoms with Crippen LogP contribution in [0.1, 0.15) is 18.4 Å². The zero-order chi connectivity index (χ0) is 13.5. The number of anilines is 1. The molecule has 0 aliphatic carbocycles. The molecule has 0 amide bonds. The number of aryl methyl sites for hydroxylation is 1. The lowest BCUT2D eigenvalue weighted by molar-refractivity contribution is 0.197. The molecule has 2 rings (SSSR count). The summed E-state index contributed by atoms with van der Waals surface area (Å²) in [5.74, 6) is 1.54.